The van der Waals surface area contributed by atoms with Gasteiger partial charge >= 0.3 is 0 Å². The number of hydrogen-bond donors (Lipinski definition) is 0. The maximum absolute atomic E-state index is 11.7. The molecule has 1 aliphatic rings. The van der Waals surface area contributed by atoms with Gasteiger partial charge in [-0.2, -0.15) is 0 Å². The van der Waals surface area contributed by atoms with Gasteiger partial charge in [0.1, 0.15) is 0 Å². The molecule has 0 atom stereocenters. The maximum Gasteiger partial charge on any atom is 0.158 e. The molecule has 0 aromatic rings. The van der Waals surface area contributed by atoms with Crippen LogP contribution >= 0.6 is 0 Å². The minimum absolute atomic E-state index is 0.355. The summed E-state index contributed by atoms with van der Waals surface area (Å²) in [5, 5.41) is 0. The summed E-state index contributed by atoms with van der Waals surface area (Å²) in [7, 11) is 0. The highest BCUT2D eigenvalue weighted by atomic mass is 16.1. The number of carbonyl (C=O) groups excluding carboxylic acids is 1. The molecule has 0 N–H and O–H groups in total. The maximum atomic E-state index is 11.7. The van der Waals surface area contributed by atoms with Crippen molar-refractivity contribution in [3.8, 4) is 0 Å². The van der Waals surface area contributed by atoms with Crippen molar-refractivity contribution in [1.82, 2.24) is 0 Å². The molecule has 0 radical (unpaired) electrons. The van der Waals surface area contributed by atoms with E-state index in [-0.39, 0.29) is 0 Å². The van der Waals surface area contributed by atoms with Crippen molar-refractivity contribution in [3.63, 3.8) is 0 Å². The average molecular weight is 180 g/mol. The van der Waals surface area contributed by atoms with Crippen LogP contribution in [-0.2, 0) is 4.79 Å². The van der Waals surface area contributed by atoms with Crippen molar-refractivity contribution >= 4 is 5.78 Å². The second-order valence-electron chi connectivity index (χ2n) is 3.89. The SMILES string of the molecule is CCC(=CC(=O)C1CCCC1)CC. The van der Waals surface area contributed by atoms with Crippen molar-refractivity contribution in [2.24, 2.45) is 5.92 Å². The molecule has 74 valence electrons. The lowest BCUT2D eigenvalue weighted by Crippen LogP contribution is -2.07. The molecular weight excluding hydrogens is 160 g/mol. The van der Waals surface area contributed by atoms with Gasteiger partial charge in [-0.3, -0.25) is 4.79 Å². The Bertz CT molecular complexity index is 191. The monoisotopic (exact) mass is 180 g/mol. The van der Waals surface area contributed by atoms with E-state index < -0.39 is 0 Å². The van der Waals surface area contributed by atoms with Crippen LogP contribution in [0.4, 0.5) is 0 Å². The third kappa shape index (κ3) is 2.98. The molecule has 0 aromatic heterocycles. The molecule has 0 aromatic carbocycles. The predicted octanol–water partition coefficient (Wildman–Crippen LogP) is 3.49. The third-order valence-corrected chi connectivity index (χ3v) is 3.01. The van der Waals surface area contributed by atoms with Crippen LogP contribution < -0.4 is 0 Å². The van der Waals surface area contributed by atoms with Crippen LogP contribution in [0.1, 0.15) is 52.4 Å². The average Bonchev–Trinajstić information content (AvgIpc) is 2.66. The number of carbonyl (C=O) groups is 1. The smallest absolute Gasteiger partial charge is 0.158 e. The molecule has 0 unspecified atom stereocenters. The van der Waals surface area contributed by atoms with Crippen LogP contribution in [0, 0.1) is 5.92 Å². The summed E-state index contributed by atoms with van der Waals surface area (Å²) in [5.41, 5.74) is 1.30. The number of rotatable bonds is 4. The number of ketones is 1. The Morgan fingerprint density at radius 2 is 1.77 bits per heavy atom. The van der Waals surface area contributed by atoms with Gasteiger partial charge < -0.3 is 0 Å². The highest BCUT2D eigenvalue weighted by Crippen LogP contribution is 2.26. The van der Waals surface area contributed by atoms with Gasteiger partial charge in [-0.1, -0.05) is 32.3 Å². The van der Waals surface area contributed by atoms with Crippen molar-refractivity contribution in [3.05, 3.63) is 11.6 Å². The van der Waals surface area contributed by atoms with Gasteiger partial charge in [0.25, 0.3) is 0 Å². The van der Waals surface area contributed by atoms with Crippen molar-refractivity contribution < 1.29 is 4.79 Å². The first kappa shape index (κ1) is 10.5. The Kier molecular flexibility index (Phi) is 4.20. The van der Waals surface area contributed by atoms with Gasteiger partial charge in [0.05, 0.1) is 0 Å². The van der Waals surface area contributed by atoms with Crippen LogP contribution in [0.5, 0.6) is 0 Å². The fourth-order valence-electron chi connectivity index (χ4n) is 1.98. The molecule has 0 spiro atoms. The molecule has 1 nitrogen and oxygen atoms in total. The van der Waals surface area contributed by atoms with Gasteiger partial charge in [0, 0.05) is 5.92 Å². The minimum atomic E-state index is 0.355. The molecule has 1 fully saturated rings. The summed E-state index contributed by atoms with van der Waals surface area (Å²) in [6.45, 7) is 4.24. The van der Waals surface area contributed by atoms with E-state index in [2.05, 4.69) is 13.8 Å². The second kappa shape index (κ2) is 5.21. The number of hydrogen-bond acceptors (Lipinski definition) is 1. The van der Waals surface area contributed by atoms with Crippen molar-refractivity contribution in [2.75, 3.05) is 0 Å². The molecule has 1 rings (SSSR count). The lowest BCUT2D eigenvalue weighted by atomic mass is 9.99. The summed E-state index contributed by atoms with van der Waals surface area (Å²) >= 11 is 0. The van der Waals surface area contributed by atoms with Gasteiger partial charge in [0.2, 0.25) is 0 Å². The highest BCUT2D eigenvalue weighted by molar-refractivity contribution is 5.92. The summed E-state index contributed by atoms with van der Waals surface area (Å²) < 4.78 is 0. The molecular formula is C12H20O. The van der Waals surface area contributed by atoms with E-state index in [1.807, 2.05) is 6.08 Å². The Morgan fingerprint density at radius 3 is 2.23 bits per heavy atom. The topological polar surface area (TPSA) is 17.1 Å². The summed E-state index contributed by atoms with van der Waals surface area (Å²) in [6.07, 6.45) is 8.68. The third-order valence-electron chi connectivity index (χ3n) is 3.01. The van der Waals surface area contributed by atoms with Gasteiger partial charge in [-0.15, -0.1) is 0 Å². The second-order valence-corrected chi connectivity index (χ2v) is 3.89. The van der Waals surface area contributed by atoms with Crippen molar-refractivity contribution in [1.29, 1.82) is 0 Å². The van der Waals surface area contributed by atoms with E-state index in [1.54, 1.807) is 0 Å². The van der Waals surface area contributed by atoms with Gasteiger partial charge in [-0.25, -0.2) is 0 Å². The van der Waals surface area contributed by atoms with E-state index in [9.17, 15) is 4.79 Å². The summed E-state index contributed by atoms with van der Waals surface area (Å²) in [5.74, 6) is 0.740. The molecule has 1 saturated carbocycles. The standard InChI is InChI=1S/C12H20O/c1-3-10(4-2)9-12(13)11-7-5-6-8-11/h9,11H,3-8H2,1-2H3. The largest absolute Gasteiger partial charge is 0.295 e. The van der Waals surface area contributed by atoms with Gasteiger partial charge in [-0.05, 0) is 31.8 Å². The van der Waals surface area contributed by atoms with Crippen LogP contribution in [0.3, 0.4) is 0 Å². The first-order chi connectivity index (χ1) is 6.27. The predicted molar refractivity (Wildman–Crippen MR) is 55.6 cm³/mol. The zero-order valence-corrected chi connectivity index (χ0v) is 8.81. The normalized spacial score (nSPS) is 17.4. The Balaban J connectivity index is 2.51. The fourth-order valence-corrected chi connectivity index (χ4v) is 1.98. The van der Waals surface area contributed by atoms with E-state index >= 15 is 0 Å². The first-order valence-corrected chi connectivity index (χ1v) is 5.51. The zero-order chi connectivity index (χ0) is 9.68. The lowest BCUT2D eigenvalue weighted by Gasteiger charge is -2.05. The van der Waals surface area contributed by atoms with Crippen molar-refractivity contribution in [2.45, 2.75) is 52.4 Å². The fraction of sp³-hybridized carbons (Fsp3) is 0.750. The van der Waals surface area contributed by atoms with E-state index in [0.717, 1.165) is 25.7 Å². The molecule has 0 aliphatic heterocycles. The quantitative estimate of drug-likeness (QED) is 0.605. The van der Waals surface area contributed by atoms with Crippen LogP contribution in [0.2, 0.25) is 0 Å². The molecule has 0 bridgehead atoms. The van der Waals surface area contributed by atoms with Crippen LogP contribution in [0.15, 0.2) is 11.6 Å². The number of allylic oxidation sites excluding steroid dienone is 2. The molecule has 0 heterocycles. The summed E-state index contributed by atoms with van der Waals surface area (Å²) in [6, 6.07) is 0. The first-order valence-electron chi connectivity index (χ1n) is 5.51. The lowest BCUT2D eigenvalue weighted by molar-refractivity contribution is -0.118. The van der Waals surface area contributed by atoms with Gasteiger partial charge in [0.15, 0.2) is 5.78 Å². The van der Waals surface area contributed by atoms with E-state index in [1.165, 1.54) is 18.4 Å². The molecule has 1 heteroatoms. The molecule has 0 saturated heterocycles. The molecule has 13 heavy (non-hydrogen) atoms. The van der Waals surface area contributed by atoms with E-state index in [0.29, 0.717) is 11.7 Å². The summed E-state index contributed by atoms with van der Waals surface area (Å²) in [4.78, 5) is 11.7. The van der Waals surface area contributed by atoms with Crippen LogP contribution in [-0.4, -0.2) is 5.78 Å². The molecule has 1 aliphatic carbocycles. The highest BCUT2D eigenvalue weighted by Gasteiger charge is 2.20. The van der Waals surface area contributed by atoms with Crippen LogP contribution in [0.25, 0.3) is 0 Å². The Labute approximate surface area is 81.2 Å². The zero-order valence-electron chi connectivity index (χ0n) is 8.81. The molecule has 0 amide bonds. The Morgan fingerprint density at radius 1 is 1.23 bits per heavy atom. The minimum Gasteiger partial charge on any atom is -0.295 e. The Hall–Kier alpha value is -0.590. The van der Waals surface area contributed by atoms with E-state index in [4.69, 9.17) is 0 Å².